The zero-order valence-corrected chi connectivity index (χ0v) is 11.1. The first kappa shape index (κ1) is 12.2. The molecule has 1 aromatic rings. The third-order valence-corrected chi connectivity index (χ3v) is 5.27. The Labute approximate surface area is 93.9 Å². The predicted molar refractivity (Wildman–Crippen MR) is 69.9 cm³/mol. The van der Waals surface area contributed by atoms with Crippen molar-refractivity contribution in [1.82, 2.24) is 0 Å². The van der Waals surface area contributed by atoms with Gasteiger partial charge in [-0.1, -0.05) is 36.4 Å². The quantitative estimate of drug-likeness (QED) is 0.708. The first-order valence-electron chi connectivity index (χ1n) is 5.37. The summed E-state index contributed by atoms with van der Waals surface area (Å²) in [5, 5.41) is 1.34. The average molecular weight is 220 g/mol. The maximum Gasteiger partial charge on any atom is 0.218 e. The number of benzene rings is 1. The van der Waals surface area contributed by atoms with Crippen molar-refractivity contribution < 1.29 is 4.43 Å². The molecule has 0 N–H and O–H groups in total. The molecule has 0 heterocycles. The first-order valence-corrected chi connectivity index (χ1v) is 8.28. The Kier molecular flexibility index (Phi) is 3.88. The van der Waals surface area contributed by atoms with Gasteiger partial charge < -0.3 is 4.43 Å². The molecular formula is C13H20OSi. The molecule has 0 bridgehead atoms. The van der Waals surface area contributed by atoms with Gasteiger partial charge in [-0.05, 0) is 37.7 Å². The molecule has 0 aliphatic heterocycles. The van der Waals surface area contributed by atoms with Gasteiger partial charge in [-0.3, -0.25) is 0 Å². The van der Waals surface area contributed by atoms with Crippen molar-refractivity contribution in [2.45, 2.75) is 26.9 Å². The Hall–Kier alpha value is -0.863. The molecule has 0 fully saturated rings. The minimum absolute atomic E-state index is 0.788. The maximum absolute atomic E-state index is 5.86. The Balaban J connectivity index is 3.04. The Morgan fingerprint density at radius 1 is 1.40 bits per heavy atom. The Morgan fingerprint density at radius 3 is 2.60 bits per heavy atom. The highest BCUT2D eigenvalue weighted by Crippen LogP contribution is 2.12. The molecule has 0 aromatic heterocycles. The molecule has 1 nitrogen and oxygen atoms in total. The van der Waals surface area contributed by atoms with Crippen LogP contribution in [0.1, 0.15) is 19.4 Å². The lowest BCUT2D eigenvalue weighted by Crippen LogP contribution is -2.44. The van der Waals surface area contributed by atoms with Crippen LogP contribution in [0.5, 0.6) is 0 Å². The van der Waals surface area contributed by atoms with Crippen LogP contribution in [-0.4, -0.2) is 14.9 Å². The van der Waals surface area contributed by atoms with Crippen LogP contribution in [0.25, 0.3) is 5.57 Å². The Morgan fingerprint density at radius 2 is 2.07 bits per heavy atom. The third-order valence-electron chi connectivity index (χ3n) is 2.56. The normalized spacial score (nSPS) is 11.5. The largest absolute Gasteiger partial charge is 0.413 e. The summed E-state index contributed by atoms with van der Waals surface area (Å²) in [6.07, 6.45) is 0. The smallest absolute Gasteiger partial charge is 0.218 e. The van der Waals surface area contributed by atoms with E-state index in [2.05, 4.69) is 50.9 Å². The fourth-order valence-corrected chi connectivity index (χ4v) is 3.49. The Bertz CT molecular complexity index is 355. The second kappa shape index (κ2) is 4.77. The summed E-state index contributed by atoms with van der Waals surface area (Å²) < 4.78 is 5.86. The van der Waals surface area contributed by atoms with Crippen molar-refractivity contribution in [3.8, 4) is 0 Å². The predicted octanol–water partition coefficient (Wildman–Crippen LogP) is 3.17. The van der Waals surface area contributed by atoms with Crippen LogP contribution in [0.4, 0.5) is 0 Å². The van der Waals surface area contributed by atoms with Gasteiger partial charge in [0.25, 0.3) is 0 Å². The monoisotopic (exact) mass is 220 g/mol. The molecule has 0 atom stereocenters. The molecule has 0 radical (unpaired) electrons. The van der Waals surface area contributed by atoms with Crippen LogP contribution in [-0.2, 0) is 4.43 Å². The summed E-state index contributed by atoms with van der Waals surface area (Å²) in [5.74, 6) is 0. The van der Waals surface area contributed by atoms with E-state index in [-0.39, 0.29) is 0 Å². The standard InChI is InChI=1S/C13H20OSi/c1-6-14-15(4,5)13-9-7-8-12(10-13)11(2)3/h7-10H,2,6H2,1,3-5H3. The molecule has 1 aromatic carbocycles. The van der Waals surface area contributed by atoms with Crippen molar-refractivity contribution in [3.05, 3.63) is 36.4 Å². The van der Waals surface area contributed by atoms with E-state index < -0.39 is 8.32 Å². The number of hydrogen-bond acceptors (Lipinski definition) is 1. The van der Waals surface area contributed by atoms with Crippen LogP contribution >= 0.6 is 0 Å². The zero-order valence-electron chi connectivity index (χ0n) is 10.1. The van der Waals surface area contributed by atoms with E-state index in [9.17, 15) is 0 Å². The molecule has 0 aliphatic carbocycles. The van der Waals surface area contributed by atoms with Gasteiger partial charge in [-0.25, -0.2) is 0 Å². The van der Waals surface area contributed by atoms with Crippen LogP contribution in [0.3, 0.4) is 0 Å². The summed E-state index contributed by atoms with van der Waals surface area (Å²) in [6, 6.07) is 8.56. The molecule has 0 amide bonds. The molecular weight excluding hydrogens is 200 g/mol. The summed E-state index contributed by atoms with van der Waals surface area (Å²) in [6.45, 7) is 13.3. The third kappa shape index (κ3) is 3.04. The fourth-order valence-electron chi connectivity index (χ4n) is 1.60. The SMILES string of the molecule is C=C(C)c1cccc([Si](C)(C)OCC)c1. The molecule has 2 heteroatoms. The first-order chi connectivity index (χ1) is 6.97. The second-order valence-corrected chi connectivity index (χ2v) is 8.19. The fraction of sp³-hybridized carbons (Fsp3) is 0.385. The molecule has 0 aliphatic rings. The highest BCUT2D eigenvalue weighted by Gasteiger charge is 2.24. The van der Waals surface area contributed by atoms with E-state index in [1.807, 2.05) is 6.92 Å². The minimum atomic E-state index is -1.70. The van der Waals surface area contributed by atoms with E-state index >= 15 is 0 Å². The summed E-state index contributed by atoms with van der Waals surface area (Å²) in [4.78, 5) is 0. The lowest BCUT2D eigenvalue weighted by Gasteiger charge is -2.23. The summed E-state index contributed by atoms with van der Waals surface area (Å²) >= 11 is 0. The van der Waals surface area contributed by atoms with Gasteiger partial charge in [0.1, 0.15) is 0 Å². The van der Waals surface area contributed by atoms with Crippen LogP contribution in [0.2, 0.25) is 13.1 Å². The van der Waals surface area contributed by atoms with Gasteiger partial charge in [0.05, 0.1) is 0 Å². The van der Waals surface area contributed by atoms with Crippen molar-refractivity contribution >= 4 is 19.1 Å². The number of hydrogen-bond donors (Lipinski definition) is 0. The highest BCUT2D eigenvalue weighted by atomic mass is 28.4. The van der Waals surface area contributed by atoms with E-state index in [0.717, 1.165) is 12.2 Å². The maximum atomic E-state index is 5.86. The molecule has 1 rings (SSSR count). The molecule has 0 saturated carbocycles. The number of rotatable bonds is 4. The zero-order chi connectivity index (χ0) is 11.5. The highest BCUT2D eigenvalue weighted by molar-refractivity contribution is 6.84. The van der Waals surface area contributed by atoms with E-state index in [4.69, 9.17) is 4.43 Å². The molecule has 0 spiro atoms. The molecule has 82 valence electrons. The van der Waals surface area contributed by atoms with E-state index in [1.165, 1.54) is 10.8 Å². The molecule has 0 unspecified atom stereocenters. The minimum Gasteiger partial charge on any atom is -0.413 e. The number of allylic oxidation sites excluding steroid dienone is 1. The van der Waals surface area contributed by atoms with Crippen molar-refractivity contribution in [3.63, 3.8) is 0 Å². The van der Waals surface area contributed by atoms with Crippen molar-refractivity contribution in [2.75, 3.05) is 6.61 Å². The van der Waals surface area contributed by atoms with Gasteiger partial charge in [0.2, 0.25) is 8.32 Å². The molecule has 0 saturated heterocycles. The van der Waals surface area contributed by atoms with Crippen LogP contribution < -0.4 is 5.19 Å². The van der Waals surface area contributed by atoms with Crippen molar-refractivity contribution in [1.29, 1.82) is 0 Å². The summed E-state index contributed by atoms with van der Waals surface area (Å²) in [7, 11) is -1.70. The van der Waals surface area contributed by atoms with Gasteiger partial charge in [-0.15, -0.1) is 0 Å². The van der Waals surface area contributed by atoms with Crippen LogP contribution in [0, 0.1) is 0 Å². The molecule has 15 heavy (non-hydrogen) atoms. The lowest BCUT2D eigenvalue weighted by atomic mass is 10.1. The van der Waals surface area contributed by atoms with E-state index in [1.54, 1.807) is 0 Å². The topological polar surface area (TPSA) is 9.23 Å². The van der Waals surface area contributed by atoms with Crippen molar-refractivity contribution in [2.24, 2.45) is 0 Å². The van der Waals surface area contributed by atoms with Gasteiger partial charge in [0.15, 0.2) is 0 Å². The van der Waals surface area contributed by atoms with Gasteiger partial charge in [-0.2, -0.15) is 0 Å². The van der Waals surface area contributed by atoms with Gasteiger partial charge >= 0.3 is 0 Å². The van der Waals surface area contributed by atoms with E-state index in [0.29, 0.717) is 0 Å². The second-order valence-electron chi connectivity index (χ2n) is 4.30. The summed E-state index contributed by atoms with van der Waals surface area (Å²) in [5.41, 5.74) is 2.32. The van der Waals surface area contributed by atoms with Crippen LogP contribution in [0.15, 0.2) is 30.8 Å². The lowest BCUT2D eigenvalue weighted by molar-refractivity contribution is 0.339. The van der Waals surface area contributed by atoms with Gasteiger partial charge in [0, 0.05) is 6.61 Å². The average Bonchev–Trinajstić information content (AvgIpc) is 2.18.